The molecule has 2 nitrogen and oxygen atoms in total. The number of allylic oxidation sites excluding steroid dienone is 1. The predicted molar refractivity (Wildman–Crippen MR) is 60.7 cm³/mol. The average Bonchev–Trinajstić information content (AvgIpc) is 2.46. The molecule has 15 heavy (non-hydrogen) atoms. The lowest BCUT2D eigenvalue weighted by atomic mass is 9.79. The van der Waals surface area contributed by atoms with Gasteiger partial charge in [0.2, 0.25) is 0 Å². The van der Waals surface area contributed by atoms with Crippen LogP contribution in [0.3, 0.4) is 0 Å². The highest BCUT2D eigenvalue weighted by Gasteiger charge is 2.36. The van der Waals surface area contributed by atoms with Gasteiger partial charge >= 0.3 is 0 Å². The molecule has 1 aromatic carbocycles. The van der Waals surface area contributed by atoms with Gasteiger partial charge in [-0.25, -0.2) is 0 Å². The maximum Gasteiger partial charge on any atom is 0.179 e. The van der Waals surface area contributed by atoms with E-state index in [1.807, 2.05) is 0 Å². The van der Waals surface area contributed by atoms with Gasteiger partial charge in [0.05, 0.1) is 6.85 Å². The third kappa shape index (κ3) is 1.71. The van der Waals surface area contributed by atoms with E-state index in [2.05, 4.69) is 0 Å². The van der Waals surface area contributed by atoms with Crippen molar-refractivity contribution in [2.45, 2.75) is 18.3 Å². The Morgan fingerprint density at radius 2 is 2.27 bits per heavy atom. The molecule has 2 N–H and O–H groups in total. The molecule has 0 heterocycles. The summed E-state index contributed by atoms with van der Waals surface area (Å²) in [6.45, 7) is 0. The zero-order chi connectivity index (χ0) is 17.0. The minimum Gasteiger partial charge on any atom is -0.315 e. The Bertz CT molecular complexity index is 689. The summed E-state index contributed by atoms with van der Waals surface area (Å²) in [6.07, 6.45) is -1.60. The van der Waals surface area contributed by atoms with Crippen molar-refractivity contribution in [1.29, 1.82) is 0 Å². The van der Waals surface area contributed by atoms with Gasteiger partial charge in [-0.05, 0) is 30.5 Å². The van der Waals surface area contributed by atoms with Crippen LogP contribution in [0, 0.1) is 0 Å². The molecule has 0 saturated carbocycles. The zero-order valence-electron chi connectivity index (χ0n) is 14.6. The first-order valence-corrected chi connectivity index (χ1v) is 4.61. The number of carbonyl (C=O) groups excluding carboxylic acids is 1. The smallest absolute Gasteiger partial charge is 0.179 e. The summed E-state index contributed by atoms with van der Waals surface area (Å²) in [6, 6.07) is -3.07. The van der Waals surface area contributed by atoms with Crippen LogP contribution >= 0.6 is 11.6 Å². The number of rotatable bonds is 1. The Hall–Kier alpha value is -1.12. The van der Waals surface area contributed by atoms with Gasteiger partial charge in [-0.15, -0.1) is 0 Å². The molecular weight excluding hydrogens is 210 g/mol. The fourth-order valence-corrected chi connectivity index (χ4v) is 1.56. The fourth-order valence-electron chi connectivity index (χ4n) is 1.32. The predicted octanol–water partition coefficient (Wildman–Crippen LogP) is 2.41. The van der Waals surface area contributed by atoms with Crippen LogP contribution < -0.4 is 5.73 Å². The molecule has 0 bridgehead atoms. The van der Waals surface area contributed by atoms with Crippen molar-refractivity contribution in [1.82, 2.24) is 0 Å². The molecule has 2 rings (SSSR count). The first-order valence-electron chi connectivity index (χ1n) is 7.73. The number of hydrogen-bond acceptors (Lipinski definition) is 2. The van der Waals surface area contributed by atoms with Crippen molar-refractivity contribution in [2.24, 2.45) is 5.73 Å². The molecule has 1 aromatic rings. The topological polar surface area (TPSA) is 43.1 Å². The Morgan fingerprint density at radius 1 is 1.53 bits per heavy atom. The van der Waals surface area contributed by atoms with Crippen LogP contribution in [0.5, 0.6) is 0 Å². The normalized spacial score (nSPS) is 36.3. The molecule has 1 unspecified atom stereocenters. The van der Waals surface area contributed by atoms with Crippen molar-refractivity contribution < 1.29 is 14.4 Å². The first-order chi connectivity index (χ1) is 9.96. The number of nitrogens with two attached hydrogens (primary N) is 1. The molecule has 0 fully saturated rings. The lowest BCUT2D eigenvalue weighted by Gasteiger charge is -2.30. The van der Waals surface area contributed by atoms with Crippen LogP contribution in [0.2, 0.25) is 5.02 Å². The quantitative estimate of drug-likeness (QED) is 0.802. The van der Waals surface area contributed by atoms with Gasteiger partial charge in [0.1, 0.15) is 5.54 Å². The number of benzene rings is 1. The number of ketones is 1. The Morgan fingerprint density at radius 3 is 3.07 bits per heavy atom. The molecule has 0 aromatic heterocycles. The second kappa shape index (κ2) is 3.80. The lowest BCUT2D eigenvalue weighted by Crippen LogP contribution is -2.45. The highest BCUT2D eigenvalue weighted by atomic mass is 35.5. The van der Waals surface area contributed by atoms with Crippen LogP contribution in [0.4, 0.5) is 0 Å². The first kappa shape index (κ1) is 4.81. The highest BCUT2D eigenvalue weighted by molar-refractivity contribution is 6.31. The second-order valence-electron chi connectivity index (χ2n) is 3.06. The summed E-state index contributed by atoms with van der Waals surface area (Å²) >= 11 is 5.95. The maximum absolute atomic E-state index is 12.3. The van der Waals surface area contributed by atoms with E-state index in [1.54, 1.807) is 0 Å². The number of carbonyl (C=O) groups is 1. The molecule has 78 valence electrons. The van der Waals surface area contributed by atoms with E-state index in [9.17, 15) is 4.79 Å². The number of halogens is 1. The summed E-state index contributed by atoms with van der Waals surface area (Å²) in [5.74, 6) is -1.07. The van der Waals surface area contributed by atoms with Gasteiger partial charge < -0.3 is 5.73 Å². The van der Waals surface area contributed by atoms with Gasteiger partial charge in [0.15, 0.2) is 5.78 Å². The molecule has 1 aliphatic carbocycles. The van der Waals surface area contributed by atoms with E-state index in [0.29, 0.717) is 0 Å². The van der Waals surface area contributed by atoms with Crippen molar-refractivity contribution in [3.8, 4) is 0 Å². The summed E-state index contributed by atoms with van der Waals surface area (Å²) in [5.41, 5.74) is 2.99. The van der Waals surface area contributed by atoms with E-state index in [4.69, 9.17) is 26.9 Å². The van der Waals surface area contributed by atoms with Crippen LogP contribution in [0.1, 0.15) is 28.0 Å². The minimum absolute atomic E-state index is 0.340. The zero-order valence-corrected chi connectivity index (χ0v) is 8.40. The fraction of sp³-hybridized carbons (Fsp3) is 0.250. The standard InChI is InChI=1S/C12H12ClNO/c13-10-6-2-1-5-9(10)12(14)8-4-3-7-11(12)15/h1-3,5-7H,4,8,14H2/i1D,2D,5D,6D,7D,8D2. The van der Waals surface area contributed by atoms with E-state index >= 15 is 0 Å². The van der Waals surface area contributed by atoms with E-state index < -0.39 is 58.5 Å². The molecule has 0 spiro atoms. The molecule has 0 aliphatic heterocycles. The van der Waals surface area contributed by atoms with Crippen molar-refractivity contribution in [3.63, 3.8) is 0 Å². The van der Waals surface area contributed by atoms with Crippen LogP contribution in [-0.2, 0) is 10.3 Å². The minimum atomic E-state index is -2.45. The van der Waals surface area contributed by atoms with E-state index in [0.717, 1.165) is 6.08 Å². The van der Waals surface area contributed by atoms with Gasteiger partial charge in [-0.3, -0.25) is 4.79 Å². The summed E-state index contributed by atoms with van der Waals surface area (Å²) in [4.78, 5) is 12.3. The second-order valence-corrected chi connectivity index (χ2v) is 3.43. The molecule has 0 radical (unpaired) electrons. The third-order valence-corrected chi connectivity index (χ3v) is 2.39. The Labute approximate surface area is 104 Å². The average molecular weight is 229 g/mol. The van der Waals surface area contributed by atoms with Crippen molar-refractivity contribution >= 4 is 17.4 Å². The SMILES string of the molecule is [2H]C1=CCC([2H])([2H])C(N)(c2c([2H])c([2H])c([2H])c([2H])c2Cl)C1=O. The molecular formula is C12H12ClNO. The van der Waals surface area contributed by atoms with Crippen LogP contribution in [-0.4, -0.2) is 5.78 Å². The highest BCUT2D eigenvalue weighted by Crippen LogP contribution is 2.33. The van der Waals surface area contributed by atoms with Gasteiger partial charge in [0.25, 0.3) is 0 Å². The lowest BCUT2D eigenvalue weighted by molar-refractivity contribution is -0.120. The summed E-state index contributed by atoms with van der Waals surface area (Å²) in [7, 11) is 0. The van der Waals surface area contributed by atoms with Crippen LogP contribution in [0.15, 0.2) is 36.3 Å². The van der Waals surface area contributed by atoms with Gasteiger partial charge in [0, 0.05) is 7.76 Å². The van der Waals surface area contributed by atoms with E-state index in [-0.39, 0.29) is 6.42 Å². The Balaban J connectivity index is 2.91. The van der Waals surface area contributed by atoms with E-state index in [1.165, 1.54) is 0 Å². The van der Waals surface area contributed by atoms with Gasteiger partial charge in [-0.1, -0.05) is 35.8 Å². The summed E-state index contributed by atoms with van der Waals surface area (Å²) < 4.78 is 54.4. The molecule has 0 amide bonds. The third-order valence-electron chi connectivity index (χ3n) is 2.11. The molecule has 0 saturated heterocycles. The molecule has 1 atom stereocenters. The molecule has 1 aliphatic rings. The van der Waals surface area contributed by atoms with Crippen LogP contribution in [0.25, 0.3) is 0 Å². The van der Waals surface area contributed by atoms with Gasteiger partial charge in [-0.2, -0.15) is 0 Å². The maximum atomic E-state index is 12.3. The van der Waals surface area contributed by atoms with Crippen molar-refractivity contribution in [2.75, 3.05) is 0 Å². The Kier molecular flexibility index (Phi) is 1.22. The molecule has 3 heteroatoms. The number of hydrogen-bond donors (Lipinski definition) is 1. The largest absolute Gasteiger partial charge is 0.315 e. The summed E-state index contributed by atoms with van der Waals surface area (Å²) in [5, 5.41) is -0.513. The monoisotopic (exact) mass is 228 g/mol. The van der Waals surface area contributed by atoms with Crippen molar-refractivity contribution in [3.05, 3.63) is 46.9 Å².